The first-order valence-electron chi connectivity index (χ1n) is 4.32. The summed E-state index contributed by atoms with van der Waals surface area (Å²) in [5.74, 6) is -0.446. The van der Waals surface area contributed by atoms with Gasteiger partial charge in [0.25, 0.3) is 0 Å². The second-order valence-electron chi connectivity index (χ2n) is 3.04. The molecular weight excluding hydrogens is 230 g/mol. The van der Waals surface area contributed by atoms with Crippen LogP contribution in [0.5, 0.6) is 0 Å². The molecule has 0 aliphatic heterocycles. The Balaban J connectivity index is 2.48. The summed E-state index contributed by atoms with van der Waals surface area (Å²) in [4.78, 5) is 11.5. The van der Waals surface area contributed by atoms with E-state index in [9.17, 15) is 4.79 Å². The van der Waals surface area contributed by atoms with Crippen LogP contribution in [0.3, 0.4) is 0 Å². The van der Waals surface area contributed by atoms with Crippen LogP contribution in [-0.4, -0.2) is 5.91 Å². The van der Waals surface area contributed by atoms with Gasteiger partial charge in [-0.3, -0.25) is 4.79 Å². The molecule has 0 atom stereocenters. The lowest BCUT2D eigenvalue weighted by atomic mass is 10.2. The predicted octanol–water partition coefficient (Wildman–Crippen LogP) is 3.05. The molecule has 0 bridgehead atoms. The minimum atomic E-state index is -0.446. The Morgan fingerprint density at radius 2 is 2.27 bits per heavy atom. The van der Waals surface area contributed by atoms with Crippen LogP contribution in [0.25, 0.3) is 16.2 Å². The maximum Gasteiger partial charge on any atom is 0.241 e. The summed E-state index contributed by atoms with van der Waals surface area (Å²) >= 11 is 7.57. The van der Waals surface area contributed by atoms with Crippen LogP contribution in [0.2, 0.25) is 5.02 Å². The fourth-order valence-corrected chi connectivity index (χ4v) is 2.56. The maximum absolute atomic E-state index is 10.6. The van der Waals surface area contributed by atoms with Crippen molar-refractivity contribution < 1.29 is 4.79 Å². The van der Waals surface area contributed by atoms with E-state index in [0.29, 0.717) is 0 Å². The molecule has 0 spiro atoms. The van der Waals surface area contributed by atoms with Gasteiger partial charge in [0.1, 0.15) is 0 Å². The summed E-state index contributed by atoms with van der Waals surface area (Å²) < 4.78 is 1.03. The number of rotatable bonds is 2. The van der Waals surface area contributed by atoms with E-state index in [1.165, 1.54) is 17.4 Å². The smallest absolute Gasteiger partial charge is 0.241 e. The van der Waals surface area contributed by atoms with Gasteiger partial charge in [-0.2, -0.15) is 0 Å². The normalized spacial score (nSPS) is 11.3. The highest BCUT2D eigenvalue weighted by molar-refractivity contribution is 7.20. The Bertz CT molecular complexity index is 545. The van der Waals surface area contributed by atoms with Gasteiger partial charge in [0, 0.05) is 11.0 Å². The van der Waals surface area contributed by atoms with Crippen LogP contribution in [0.15, 0.2) is 30.3 Å². The molecule has 2 nitrogen and oxygen atoms in total. The van der Waals surface area contributed by atoms with Crippen molar-refractivity contribution >= 4 is 45.0 Å². The minimum absolute atomic E-state index is 0.446. The Labute approximate surface area is 96.0 Å². The molecule has 2 rings (SSSR count). The van der Waals surface area contributed by atoms with Gasteiger partial charge in [-0.25, -0.2) is 0 Å². The fraction of sp³-hybridized carbons (Fsp3) is 0. The molecular formula is C11H8ClNOS. The number of hydrogen-bond acceptors (Lipinski definition) is 2. The van der Waals surface area contributed by atoms with Crippen LogP contribution in [0.4, 0.5) is 0 Å². The van der Waals surface area contributed by atoms with E-state index in [0.717, 1.165) is 20.0 Å². The number of benzene rings is 1. The monoisotopic (exact) mass is 237 g/mol. The number of hydrogen-bond donors (Lipinski definition) is 1. The van der Waals surface area contributed by atoms with Crippen molar-refractivity contribution in [2.75, 3.05) is 0 Å². The highest BCUT2D eigenvalue weighted by Crippen LogP contribution is 2.32. The van der Waals surface area contributed by atoms with Crippen molar-refractivity contribution in [2.24, 2.45) is 5.73 Å². The first kappa shape index (κ1) is 10.2. The SMILES string of the molecule is NC(=O)/C=C/c1cc2cccc(Cl)c2s1. The molecule has 0 saturated heterocycles. The van der Waals surface area contributed by atoms with E-state index in [2.05, 4.69) is 0 Å². The quantitative estimate of drug-likeness (QED) is 0.802. The lowest BCUT2D eigenvalue weighted by molar-refractivity contribution is -0.113. The number of nitrogens with two attached hydrogens (primary N) is 1. The zero-order valence-electron chi connectivity index (χ0n) is 7.74. The lowest BCUT2D eigenvalue weighted by Crippen LogP contribution is -2.04. The lowest BCUT2D eigenvalue weighted by Gasteiger charge is -1.89. The number of primary amides is 1. The van der Waals surface area contributed by atoms with E-state index in [1.807, 2.05) is 24.3 Å². The Morgan fingerprint density at radius 1 is 1.47 bits per heavy atom. The van der Waals surface area contributed by atoms with Crippen molar-refractivity contribution in [1.29, 1.82) is 0 Å². The molecule has 0 saturated carbocycles. The van der Waals surface area contributed by atoms with Crippen LogP contribution in [0, 0.1) is 0 Å². The maximum atomic E-state index is 10.6. The Morgan fingerprint density at radius 3 is 2.93 bits per heavy atom. The van der Waals surface area contributed by atoms with Gasteiger partial charge in [-0.05, 0) is 23.6 Å². The highest BCUT2D eigenvalue weighted by atomic mass is 35.5. The summed E-state index contributed by atoms with van der Waals surface area (Å²) in [6.45, 7) is 0. The molecule has 1 heterocycles. The van der Waals surface area contributed by atoms with E-state index in [4.69, 9.17) is 17.3 Å². The third kappa shape index (κ3) is 2.19. The number of fused-ring (bicyclic) bond motifs is 1. The molecule has 1 amide bonds. The van der Waals surface area contributed by atoms with Gasteiger partial charge < -0.3 is 5.73 Å². The molecule has 15 heavy (non-hydrogen) atoms. The average Bonchev–Trinajstić information content (AvgIpc) is 2.59. The summed E-state index contributed by atoms with van der Waals surface area (Å²) in [5, 5.41) is 1.81. The molecule has 0 radical (unpaired) electrons. The standard InChI is InChI=1S/C11H8ClNOS/c12-9-3-1-2-7-6-8(15-11(7)9)4-5-10(13)14/h1-6H,(H2,13,14)/b5-4+. The third-order valence-electron chi connectivity index (χ3n) is 1.93. The summed E-state index contributed by atoms with van der Waals surface area (Å²) in [6, 6.07) is 7.71. The molecule has 0 unspecified atom stereocenters. The topological polar surface area (TPSA) is 43.1 Å². The van der Waals surface area contributed by atoms with Crippen molar-refractivity contribution in [3.8, 4) is 0 Å². The van der Waals surface area contributed by atoms with Crippen LogP contribution >= 0.6 is 22.9 Å². The van der Waals surface area contributed by atoms with Gasteiger partial charge in [0.05, 0.1) is 9.72 Å². The van der Waals surface area contributed by atoms with E-state index in [1.54, 1.807) is 6.08 Å². The molecule has 1 aromatic heterocycles. The van der Waals surface area contributed by atoms with E-state index < -0.39 is 5.91 Å². The van der Waals surface area contributed by atoms with Gasteiger partial charge in [-0.1, -0.05) is 23.7 Å². The molecule has 4 heteroatoms. The van der Waals surface area contributed by atoms with E-state index >= 15 is 0 Å². The zero-order valence-corrected chi connectivity index (χ0v) is 9.31. The minimum Gasteiger partial charge on any atom is -0.366 e. The summed E-state index contributed by atoms with van der Waals surface area (Å²) in [5.41, 5.74) is 5.02. The van der Waals surface area contributed by atoms with E-state index in [-0.39, 0.29) is 0 Å². The number of halogens is 1. The Hall–Kier alpha value is -1.32. The average molecular weight is 238 g/mol. The first-order chi connectivity index (χ1) is 7.16. The largest absolute Gasteiger partial charge is 0.366 e. The zero-order chi connectivity index (χ0) is 10.8. The van der Waals surface area contributed by atoms with Gasteiger partial charge >= 0.3 is 0 Å². The van der Waals surface area contributed by atoms with Crippen LogP contribution < -0.4 is 5.73 Å². The highest BCUT2D eigenvalue weighted by Gasteiger charge is 2.02. The summed E-state index contributed by atoms with van der Waals surface area (Å²) in [6.07, 6.45) is 3.04. The van der Waals surface area contributed by atoms with Gasteiger partial charge in [0.2, 0.25) is 5.91 Å². The first-order valence-corrected chi connectivity index (χ1v) is 5.52. The molecule has 2 N–H and O–H groups in total. The van der Waals surface area contributed by atoms with Crippen molar-refractivity contribution in [1.82, 2.24) is 0 Å². The predicted molar refractivity (Wildman–Crippen MR) is 65.1 cm³/mol. The van der Waals surface area contributed by atoms with Crippen LogP contribution in [-0.2, 0) is 4.79 Å². The van der Waals surface area contributed by atoms with Crippen LogP contribution in [0.1, 0.15) is 4.88 Å². The van der Waals surface area contributed by atoms with Crippen molar-refractivity contribution in [3.63, 3.8) is 0 Å². The van der Waals surface area contributed by atoms with Crippen molar-refractivity contribution in [2.45, 2.75) is 0 Å². The number of amides is 1. The fourth-order valence-electron chi connectivity index (χ4n) is 1.29. The van der Waals surface area contributed by atoms with Crippen molar-refractivity contribution in [3.05, 3.63) is 40.2 Å². The summed E-state index contributed by atoms with van der Waals surface area (Å²) in [7, 11) is 0. The second-order valence-corrected chi connectivity index (χ2v) is 4.53. The molecule has 0 aliphatic carbocycles. The Kier molecular flexibility index (Phi) is 2.75. The molecule has 2 aromatic rings. The van der Waals surface area contributed by atoms with Gasteiger partial charge in [0.15, 0.2) is 0 Å². The molecule has 1 aromatic carbocycles. The third-order valence-corrected chi connectivity index (χ3v) is 3.50. The number of carbonyl (C=O) groups is 1. The second kappa shape index (κ2) is 4.04. The van der Waals surface area contributed by atoms with Gasteiger partial charge in [-0.15, -0.1) is 11.3 Å². The molecule has 76 valence electrons. The number of carbonyl (C=O) groups excluding carboxylic acids is 1. The molecule has 0 aliphatic rings. The number of thiophene rings is 1. The molecule has 0 fully saturated rings.